The number of allylic oxidation sites excluding steroid dienone is 4. The Morgan fingerprint density at radius 2 is 2.50 bits per heavy atom. The highest BCUT2D eigenvalue weighted by atomic mass is 14.7. The van der Waals surface area contributed by atoms with Crippen molar-refractivity contribution in [3.8, 4) is 0 Å². The largest absolute Gasteiger partial charge is 0.265 e. The maximum Gasteiger partial charge on any atom is 0.0339 e. The third-order valence-corrected chi connectivity index (χ3v) is 1.39. The van der Waals surface area contributed by atoms with E-state index in [1.165, 1.54) is 0 Å². The van der Waals surface area contributed by atoms with Gasteiger partial charge in [0, 0.05) is 18.3 Å². The van der Waals surface area contributed by atoms with Crippen LogP contribution < -0.4 is 0 Å². The van der Waals surface area contributed by atoms with Crippen LogP contribution in [-0.4, -0.2) is 5.71 Å². The molecule has 0 aromatic heterocycles. The molecule has 0 saturated carbocycles. The average molecular weight is 133 g/mol. The quantitative estimate of drug-likeness (QED) is 0.521. The fraction of sp³-hybridized carbons (Fsp3) is 0.222. The summed E-state index contributed by atoms with van der Waals surface area (Å²) in [7, 11) is 0. The molecule has 1 nitrogen and oxygen atoms in total. The van der Waals surface area contributed by atoms with E-state index in [1.54, 1.807) is 6.08 Å². The third kappa shape index (κ3) is 1.69. The summed E-state index contributed by atoms with van der Waals surface area (Å²) in [4.78, 5) is 4.20. The van der Waals surface area contributed by atoms with Crippen LogP contribution in [0.15, 0.2) is 41.6 Å². The molecule has 0 unspecified atom stereocenters. The Hall–Kier alpha value is -1.11. The summed E-state index contributed by atoms with van der Waals surface area (Å²) in [6.07, 6.45) is 8.73. The summed E-state index contributed by atoms with van der Waals surface area (Å²) in [5, 5.41) is 0. The fourth-order valence-electron chi connectivity index (χ4n) is 0.767. The van der Waals surface area contributed by atoms with Gasteiger partial charge < -0.3 is 0 Å². The molecule has 10 heavy (non-hydrogen) atoms. The first-order valence-corrected chi connectivity index (χ1v) is 3.35. The first-order valence-electron chi connectivity index (χ1n) is 3.35. The molecule has 0 aromatic rings. The van der Waals surface area contributed by atoms with Crippen LogP contribution in [0.2, 0.25) is 0 Å². The van der Waals surface area contributed by atoms with Gasteiger partial charge in [0.2, 0.25) is 0 Å². The van der Waals surface area contributed by atoms with Crippen LogP contribution in [0.3, 0.4) is 0 Å². The third-order valence-electron chi connectivity index (χ3n) is 1.39. The minimum atomic E-state index is 0.952. The number of hydrogen-bond acceptors (Lipinski definition) is 1. The zero-order valence-corrected chi connectivity index (χ0v) is 6.17. The molecule has 1 heteroatoms. The summed E-state index contributed by atoms with van der Waals surface area (Å²) in [5.74, 6) is 0. The second-order valence-electron chi connectivity index (χ2n) is 2.30. The molecule has 0 bridgehead atoms. The van der Waals surface area contributed by atoms with Crippen LogP contribution in [0.25, 0.3) is 0 Å². The first kappa shape index (κ1) is 7.00. The number of rotatable bonds is 1. The summed E-state index contributed by atoms with van der Waals surface area (Å²) in [6, 6.07) is 0. The van der Waals surface area contributed by atoms with Gasteiger partial charge in [-0.1, -0.05) is 24.8 Å². The molecule has 1 heterocycles. The Bertz CT molecular complexity index is 219. The van der Waals surface area contributed by atoms with Crippen molar-refractivity contribution in [1.29, 1.82) is 0 Å². The van der Waals surface area contributed by atoms with Crippen LogP contribution in [-0.2, 0) is 0 Å². The maximum absolute atomic E-state index is 4.20. The van der Waals surface area contributed by atoms with Crippen molar-refractivity contribution in [1.82, 2.24) is 0 Å². The van der Waals surface area contributed by atoms with Crippen molar-refractivity contribution in [2.75, 3.05) is 0 Å². The lowest BCUT2D eigenvalue weighted by atomic mass is 10.2. The molecule has 0 amide bonds. The Labute approximate surface area is 61.5 Å². The minimum Gasteiger partial charge on any atom is -0.265 e. The van der Waals surface area contributed by atoms with Crippen LogP contribution in [0.5, 0.6) is 0 Å². The molecule has 0 saturated heterocycles. The first-order chi connectivity index (χ1) is 4.83. The molecule has 52 valence electrons. The SMILES string of the molecule is C=CC1=CN=C(C)CC=C1. The molecular weight excluding hydrogens is 122 g/mol. The second kappa shape index (κ2) is 3.16. The number of aliphatic imine (C=N–C) groups is 1. The smallest absolute Gasteiger partial charge is 0.0339 e. The van der Waals surface area contributed by atoms with E-state index in [-0.39, 0.29) is 0 Å². The van der Waals surface area contributed by atoms with Crippen molar-refractivity contribution in [2.45, 2.75) is 13.3 Å². The van der Waals surface area contributed by atoms with Crippen molar-refractivity contribution in [2.24, 2.45) is 4.99 Å². The minimum absolute atomic E-state index is 0.952. The normalized spacial score (nSPS) is 17.3. The van der Waals surface area contributed by atoms with Crippen molar-refractivity contribution < 1.29 is 0 Å². The predicted molar refractivity (Wildman–Crippen MR) is 45.1 cm³/mol. The van der Waals surface area contributed by atoms with Gasteiger partial charge in [-0.25, -0.2) is 0 Å². The van der Waals surface area contributed by atoms with Crippen LogP contribution in [0.1, 0.15) is 13.3 Å². The van der Waals surface area contributed by atoms with E-state index in [0.717, 1.165) is 17.7 Å². The lowest BCUT2D eigenvalue weighted by Crippen LogP contribution is -1.83. The standard InChI is InChI=1S/C9H11N/c1-3-9-6-4-5-8(2)10-7-9/h3-4,6-7H,1,5H2,2H3. The molecule has 0 aliphatic carbocycles. The number of nitrogens with zero attached hydrogens (tertiary/aromatic N) is 1. The van der Waals surface area contributed by atoms with E-state index in [2.05, 4.69) is 17.6 Å². The van der Waals surface area contributed by atoms with Crippen LogP contribution in [0.4, 0.5) is 0 Å². The Morgan fingerprint density at radius 1 is 1.70 bits per heavy atom. The summed E-state index contributed by atoms with van der Waals surface area (Å²) < 4.78 is 0. The van der Waals surface area contributed by atoms with E-state index in [1.807, 2.05) is 19.2 Å². The molecule has 1 rings (SSSR count). The van der Waals surface area contributed by atoms with Gasteiger partial charge in [0.15, 0.2) is 0 Å². The van der Waals surface area contributed by atoms with Crippen molar-refractivity contribution in [3.63, 3.8) is 0 Å². The average Bonchev–Trinajstić information content (AvgIpc) is 2.14. The highest BCUT2D eigenvalue weighted by Gasteiger charge is 1.91. The summed E-state index contributed by atoms with van der Waals surface area (Å²) in [5.41, 5.74) is 2.23. The van der Waals surface area contributed by atoms with Crippen LogP contribution >= 0.6 is 0 Å². The predicted octanol–water partition coefficient (Wildman–Crippen LogP) is 2.48. The molecule has 0 radical (unpaired) electrons. The van der Waals surface area contributed by atoms with Gasteiger partial charge in [-0.15, -0.1) is 0 Å². The summed E-state index contributed by atoms with van der Waals surface area (Å²) >= 11 is 0. The van der Waals surface area contributed by atoms with Gasteiger partial charge in [0.1, 0.15) is 0 Å². The lowest BCUT2D eigenvalue weighted by Gasteiger charge is -1.85. The van der Waals surface area contributed by atoms with E-state index >= 15 is 0 Å². The molecule has 0 atom stereocenters. The van der Waals surface area contributed by atoms with E-state index < -0.39 is 0 Å². The van der Waals surface area contributed by atoms with Crippen LogP contribution in [0, 0.1) is 0 Å². The Kier molecular flexibility index (Phi) is 2.21. The fourth-order valence-corrected chi connectivity index (χ4v) is 0.767. The van der Waals surface area contributed by atoms with Gasteiger partial charge in [0.05, 0.1) is 0 Å². The number of hydrogen-bond donors (Lipinski definition) is 0. The zero-order chi connectivity index (χ0) is 7.40. The van der Waals surface area contributed by atoms with E-state index in [9.17, 15) is 0 Å². The molecule has 0 fully saturated rings. The highest BCUT2D eigenvalue weighted by molar-refractivity contribution is 5.84. The van der Waals surface area contributed by atoms with Crippen molar-refractivity contribution in [3.05, 3.63) is 36.6 Å². The Morgan fingerprint density at radius 3 is 3.20 bits per heavy atom. The van der Waals surface area contributed by atoms with E-state index in [4.69, 9.17) is 0 Å². The van der Waals surface area contributed by atoms with Crippen molar-refractivity contribution >= 4 is 5.71 Å². The lowest BCUT2D eigenvalue weighted by molar-refractivity contribution is 1.40. The molecule has 0 spiro atoms. The Balaban J connectivity index is 2.85. The monoisotopic (exact) mass is 133 g/mol. The molecule has 1 aliphatic heterocycles. The van der Waals surface area contributed by atoms with Gasteiger partial charge >= 0.3 is 0 Å². The van der Waals surface area contributed by atoms with Gasteiger partial charge in [-0.05, 0) is 12.5 Å². The summed E-state index contributed by atoms with van der Waals surface area (Å²) in [6.45, 7) is 5.68. The highest BCUT2D eigenvalue weighted by Crippen LogP contribution is 2.04. The maximum atomic E-state index is 4.20. The second-order valence-corrected chi connectivity index (χ2v) is 2.30. The molecular formula is C9H11N. The van der Waals surface area contributed by atoms with Gasteiger partial charge in [-0.3, -0.25) is 4.99 Å². The van der Waals surface area contributed by atoms with E-state index in [0.29, 0.717) is 0 Å². The molecule has 0 N–H and O–H groups in total. The molecule has 1 aliphatic rings. The topological polar surface area (TPSA) is 12.4 Å². The van der Waals surface area contributed by atoms with Gasteiger partial charge in [-0.2, -0.15) is 0 Å². The van der Waals surface area contributed by atoms with Gasteiger partial charge in [0.25, 0.3) is 0 Å². The zero-order valence-electron chi connectivity index (χ0n) is 6.17. The molecule has 0 aromatic carbocycles.